The Bertz CT molecular complexity index is 402. The summed E-state index contributed by atoms with van der Waals surface area (Å²) in [5.74, 6) is -1.09. The van der Waals surface area contributed by atoms with Gasteiger partial charge < -0.3 is 4.74 Å². The zero-order valence-corrected chi connectivity index (χ0v) is 14.3. The van der Waals surface area contributed by atoms with E-state index in [0.29, 0.717) is 18.3 Å². The second-order valence-corrected chi connectivity index (χ2v) is 5.41. The third kappa shape index (κ3) is 6.59. The van der Waals surface area contributed by atoms with Crippen molar-refractivity contribution in [3.05, 3.63) is 48.8 Å². The van der Waals surface area contributed by atoms with Gasteiger partial charge >= 0.3 is 0 Å². The largest absolute Gasteiger partial charge is 0.494 e. The Morgan fingerprint density at radius 1 is 1.09 bits per heavy atom. The number of halogens is 2. The van der Waals surface area contributed by atoms with Gasteiger partial charge in [0.05, 0.1) is 7.11 Å². The van der Waals surface area contributed by atoms with Gasteiger partial charge in [0.2, 0.25) is 0 Å². The smallest absolute Gasteiger partial charge is 0.200 e. The zero-order valence-electron chi connectivity index (χ0n) is 14.3. The fourth-order valence-electron chi connectivity index (χ4n) is 2.57. The van der Waals surface area contributed by atoms with Crippen molar-refractivity contribution in [2.45, 2.75) is 52.4 Å². The van der Waals surface area contributed by atoms with Gasteiger partial charge in [-0.1, -0.05) is 33.1 Å². The lowest BCUT2D eigenvalue weighted by Crippen LogP contribution is -2.13. The molecular weight excluding hydrogens is 282 g/mol. The number of methoxy groups -OCH3 is 1. The maximum Gasteiger partial charge on any atom is 0.200 e. The molecule has 0 radical (unpaired) electrons. The van der Waals surface area contributed by atoms with E-state index in [1.165, 1.54) is 7.11 Å². The molecule has 1 aliphatic rings. The molecule has 0 bridgehead atoms. The fraction of sp³-hybridized carbons (Fsp3) is 0.579. The average Bonchev–Trinajstić information content (AvgIpc) is 2.59. The first-order valence-corrected chi connectivity index (χ1v) is 8.08. The SMILES string of the molecule is C=CC1CCC(CCC(=C)/C(F)=C(/F)C(=C)OC)CC1.CC. The van der Waals surface area contributed by atoms with Crippen molar-refractivity contribution in [1.29, 1.82) is 0 Å². The quantitative estimate of drug-likeness (QED) is 0.290. The monoisotopic (exact) mass is 312 g/mol. The van der Waals surface area contributed by atoms with Crippen LogP contribution in [0, 0.1) is 11.8 Å². The summed E-state index contributed by atoms with van der Waals surface area (Å²) in [7, 11) is 1.26. The van der Waals surface area contributed by atoms with Crippen molar-refractivity contribution >= 4 is 0 Å². The van der Waals surface area contributed by atoms with E-state index in [2.05, 4.69) is 24.5 Å². The normalized spacial score (nSPS) is 21.9. The summed E-state index contributed by atoms with van der Waals surface area (Å²) in [5.41, 5.74) is 0.187. The topological polar surface area (TPSA) is 9.23 Å². The average molecular weight is 312 g/mol. The van der Waals surface area contributed by atoms with Crippen LogP contribution in [0.4, 0.5) is 8.78 Å². The van der Waals surface area contributed by atoms with Gasteiger partial charge in [0.15, 0.2) is 11.7 Å². The molecule has 0 aromatic heterocycles. The number of hydrogen-bond donors (Lipinski definition) is 0. The number of allylic oxidation sites excluding steroid dienone is 4. The Morgan fingerprint density at radius 3 is 2.09 bits per heavy atom. The first kappa shape index (κ1) is 20.6. The van der Waals surface area contributed by atoms with Gasteiger partial charge in [0, 0.05) is 0 Å². The molecule has 0 unspecified atom stereocenters. The van der Waals surface area contributed by atoms with Gasteiger partial charge in [-0.05, 0) is 55.9 Å². The Hall–Kier alpha value is -1.38. The van der Waals surface area contributed by atoms with Crippen molar-refractivity contribution in [1.82, 2.24) is 0 Å². The maximum absolute atomic E-state index is 13.7. The number of rotatable bonds is 7. The minimum Gasteiger partial charge on any atom is -0.494 e. The lowest BCUT2D eigenvalue weighted by molar-refractivity contribution is 0.279. The Kier molecular flexibility index (Phi) is 10.5. The molecule has 22 heavy (non-hydrogen) atoms. The van der Waals surface area contributed by atoms with E-state index in [1.807, 2.05) is 19.9 Å². The summed E-state index contributed by atoms with van der Waals surface area (Å²) >= 11 is 0. The van der Waals surface area contributed by atoms with Crippen LogP contribution in [-0.2, 0) is 4.74 Å². The minimum atomic E-state index is -1.05. The molecule has 126 valence electrons. The third-order valence-electron chi connectivity index (χ3n) is 4.07. The standard InChI is InChI=1S/C17H24F2O.C2H6/c1-5-14-8-10-15(11-9-14)7-6-12(2)16(18)17(19)13(3)20-4;1-2/h5,14-15H,1-3,6-11H2,4H3;1-2H3/b17-16-;. The molecule has 0 amide bonds. The van der Waals surface area contributed by atoms with Crippen LogP contribution in [0.25, 0.3) is 0 Å². The Balaban J connectivity index is 0.00000211. The predicted molar refractivity (Wildman–Crippen MR) is 90.8 cm³/mol. The second kappa shape index (κ2) is 11.2. The van der Waals surface area contributed by atoms with E-state index in [-0.39, 0.29) is 11.3 Å². The molecule has 1 saturated carbocycles. The molecule has 0 aromatic carbocycles. The van der Waals surface area contributed by atoms with Crippen molar-refractivity contribution < 1.29 is 13.5 Å². The van der Waals surface area contributed by atoms with Gasteiger partial charge in [-0.25, -0.2) is 4.39 Å². The van der Waals surface area contributed by atoms with Crippen molar-refractivity contribution in [2.24, 2.45) is 11.8 Å². The predicted octanol–water partition coefficient (Wildman–Crippen LogP) is 6.65. The van der Waals surface area contributed by atoms with Crippen molar-refractivity contribution in [3.8, 4) is 0 Å². The molecular formula is C19H30F2O. The maximum atomic E-state index is 13.7. The van der Waals surface area contributed by atoms with Crippen LogP contribution in [0.5, 0.6) is 0 Å². The summed E-state index contributed by atoms with van der Waals surface area (Å²) in [4.78, 5) is 0. The van der Waals surface area contributed by atoms with Crippen LogP contribution in [-0.4, -0.2) is 7.11 Å². The summed E-state index contributed by atoms with van der Waals surface area (Å²) in [6.45, 7) is 14.7. The van der Waals surface area contributed by atoms with E-state index in [1.54, 1.807) is 0 Å². The van der Waals surface area contributed by atoms with Crippen molar-refractivity contribution in [2.75, 3.05) is 7.11 Å². The summed E-state index contributed by atoms with van der Waals surface area (Å²) in [6, 6.07) is 0. The molecule has 1 aliphatic carbocycles. The second-order valence-electron chi connectivity index (χ2n) is 5.41. The lowest BCUT2D eigenvalue weighted by atomic mass is 9.79. The van der Waals surface area contributed by atoms with E-state index < -0.39 is 11.7 Å². The van der Waals surface area contributed by atoms with E-state index in [0.717, 1.165) is 32.1 Å². The van der Waals surface area contributed by atoms with Gasteiger partial charge in [-0.15, -0.1) is 6.58 Å². The number of hydrogen-bond acceptors (Lipinski definition) is 1. The van der Waals surface area contributed by atoms with Crippen LogP contribution < -0.4 is 0 Å². The summed E-state index contributed by atoms with van der Waals surface area (Å²) < 4.78 is 31.8. The zero-order chi connectivity index (χ0) is 17.1. The highest BCUT2D eigenvalue weighted by atomic mass is 19.2. The molecule has 0 aliphatic heterocycles. The molecule has 1 rings (SSSR count). The van der Waals surface area contributed by atoms with Gasteiger partial charge in [0.25, 0.3) is 0 Å². The van der Waals surface area contributed by atoms with Crippen molar-refractivity contribution in [3.63, 3.8) is 0 Å². The van der Waals surface area contributed by atoms with Gasteiger partial charge in [0.1, 0.15) is 5.76 Å². The van der Waals surface area contributed by atoms with E-state index >= 15 is 0 Å². The molecule has 1 nitrogen and oxygen atoms in total. The third-order valence-corrected chi connectivity index (χ3v) is 4.07. The molecule has 0 N–H and O–H groups in total. The molecule has 0 aromatic rings. The van der Waals surface area contributed by atoms with Gasteiger partial charge in [-0.3, -0.25) is 0 Å². The van der Waals surface area contributed by atoms with Crippen LogP contribution >= 0.6 is 0 Å². The Morgan fingerprint density at radius 2 is 1.64 bits per heavy atom. The Labute approximate surface area is 134 Å². The van der Waals surface area contributed by atoms with Gasteiger partial charge in [-0.2, -0.15) is 4.39 Å². The molecule has 0 atom stereocenters. The van der Waals surface area contributed by atoms with Crippen LogP contribution in [0.15, 0.2) is 48.8 Å². The molecule has 0 saturated heterocycles. The fourth-order valence-corrected chi connectivity index (χ4v) is 2.57. The first-order valence-electron chi connectivity index (χ1n) is 8.08. The number of ether oxygens (including phenoxy) is 1. The van der Waals surface area contributed by atoms with Crippen LogP contribution in [0.3, 0.4) is 0 Å². The molecule has 0 heterocycles. The first-order chi connectivity index (χ1) is 10.5. The summed E-state index contributed by atoms with van der Waals surface area (Å²) in [6.07, 6.45) is 7.89. The minimum absolute atomic E-state index is 0.187. The highest BCUT2D eigenvalue weighted by Gasteiger charge is 2.20. The van der Waals surface area contributed by atoms with E-state index in [4.69, 9.17) is 0 Å². The lowest BCUT2D eigenvalue weighted by Gasteiger charge is -2.26. The van der Waals surface area contributed by atoms with Crippen LogP contribution in [0.1, 0.15) is 52.4 Å². The molecule has 1 fully saturated rings. The van der Waals surface area contributed by atoms with Crippen LogP contribution in [0.2, 0.25) is 0 Å². The highest BCUT2D eigenvalue weighted by Crippen LogP contribution is 2.34. The highest BCUT2D eigenvalue weighted by molar-refractivity contribution is 5.32. The summed E-state index contributed by atoms with van der Waals surface area (Å²) in [5, 5.41) is 0. The molecule has 3 heteroatoms. The molecule has 0 spiro atoms. The van der Waals surface area contributed by atoms with E-state index in [9.17, 15) is 8.78 Å².